The highest BCUT2D eigenvalue weighted by atomic mass is 16.5. The van der Waals surface area contributed by atoms with Gasteiger partial charge in [-0.15, -0.1) is 0 Å². The Labute approximate surface area is 172 Å². The van der Waals surface area contributed by atoms with Gasteiger partial charge in [0.1, 0.15) is 11.5 Å². The summed E-state index contributed by atoms with van der Waals surface area (Å²) in [6.45, 7) is 7.05. The first kappa shape index (κ1) is 22.1. The molecule has 6 nitrogen and oxygen atoms in total. The molecule has 0 heterocycles. The molecule has 6 heteroatoms. The van der Waals surface area contributed by atoms with E-state index in [1.54, 1.807) is 0 Å². The van der Waals surface area contributed by atoms with Crippen LogP contribution < -0.4 is 9.47 Å². The van der Waals surface area contributed by atoms with Gasteiger partial charge in [0.2, 0.25) is 0 Å². The van der Waals surface area contributed by atoms with E-state index < -0.39 is 0 Å². The molecule has 0 aliphatic heterocycles. The van der Waals surface area contributed by atoms with Crippen LogP contribution in [-0.4, -0.2) is 25.8 Å². The molecule has 0 amide bonds. The van der Waals surface area contributed by atoms with Crippen molar-refractivity contribution in [2.45, 2.75) is 32.6 Å². The number of carbonyl (C=O) groups is 1. The third-order valence-electron chi connectivity index (χ3n) is 3.98. The Morgan fingerprint density at radius 1 is 0.828 bits per heavy atom. The second-order valence-corrected chi connectivity index (χ2v) is 6.26. The molecule has 0 radical (unpaired) electrons. The number of unbranched alkanes of at least 4 members (excludes halogenated alkanes) is 3. The molecule has 0 N–H and O–H groups in total. The minimum absolute atomic E-state index is 0.365. The Morgan fingerprint density at radius 3 is 1.86 bits per heavy atom. The molecule has 0 spiro atoms. The molecule has 0 aliphatic rings. The second kappa shape index (κ2) is 13.1. The smallest absolute Gasteiger partial charge is 0.330 e. The molecule has 0 bridgehead atoms. The van der Waals surface area contributed by atoms with Crippen molar-refractivity contribution in [2.24, 2.45) is 10.2 Å². The highest BCUT2D eigenvalue weighted by molar-refractivity contribution is 5.81. The van der Waals surface area contributed by atoms with Gasteiger partial charge >= 0.3 is 5.97 Å². The van der Waals surface area contributed by atoms with Gasteiger partial charge in [-0.25, -0.2) is 4.79 Å². The summed E-state index contributed by atoms with van der Waals surface area (Å²) in [7, 11) is 0. The Hall–Kier alpha value is -3.15. The Balaban J connectivity index is 1.64. The third kappa shape index (κ3) is 9.06. The lowest BCUT2D eigenvalue weighted by Gasteiger charge is -2.06. The molecule has 0 unspecified atom stereocenters. The largest absolute Gasteiger partial charge is 0.494 e. The van der Waals surface area contributed by atoms with E-state index in [0.717, 1.165) is 48.6 Å². The second-order valence-electron chi connectivity index (χ2n) is 6.26. The molecule has 0 fully saturated rings. The van der Waals surface area contributed by atoms with E-state index in [1.807, 2.05) is 55.5 Å². The molecule has 2 aromatic rings. The molecular weight excluding hydrogens is 368 g/mol. The quantitative estimate of drug-likeness (QED) is 0.176. The predicted octanol–water partition coefficient (Wildman–Crippen LogP) is 6.17. The summed E-state index contributed by atoms with van der Waals surface area (Å²) in [5.41, 5.74) is 1.54. The number of benzene rings is 2. The zero-order chi connectivity index (χ0) is 20.7. The van der Waals surface area contributed by atoms with Crippen molar-refractivity contribution in [2.75, 3.05) is 19.8 Å². The highest BCUT2D eigenvalue weighted by Crippen LogP contribution is 2.23. The van der Waals surface area contributed by atoms with Crippen LogP contribution in [0.25, 0.3) is 0 Å². The van der Waals surface area contributed by atoms with E-state index in [4.69, 9.17) is 14.2 Å². The van der Waals surface area contributed by atoms with Crippen LogP contribution in [0.1, 0.15) is 32.6 Å². The van der Waals surface area contributed by atoms with Crippen LogP contribution in [0.3, 0.4) is 0 Å². The van der Waals surface area contributed by atoms with E-state index in [2.05, 4.69) is 16.8 Å². The van der Waals surface area contributed by atoms with Gasteiger partial charge in [-0.05, 0) is 81.1 Å². The Morgan fingerprint density at radius 2 is 1.34 bits per heavy atom. The molecule has 0 saturated heterocycles. The lowest BCUT2D eigenvalue weighted by atomic mass is 10.2. The monoisotopic (exact) mass is 396 g/mol. The van der Waals surface area contributed by atoms with E-state index in [-0.39, 0.29) is 5.97 Å². The maximum Gasteiger partial charge on any atom is 0.330 e. The van der Waals surface area contributed by atoms with Crippen molar-refractivity contribution in [3.8, 4) is 11.5 Å². The van der Waals surface area contributed by atoms with Gasteiger partial charge in [-0.2, -0.15) is 10.2 Å². The van der Waals surface area contributed by atoms with Crippen LogP contribution in [0.15, 0.2) is 71.4 Å². The number of hydrogen-bond acceptors (Lipinski definition) is 6. The maximum absolute atomic E-state index is 10.9. The number of ether oxygens (including phenoxy) is 3. The minimum Gasteiger partial charge on any atom is -0.494 e. The van der Waals surface area contributed by atoms with Crippen LogP contribution in [0.4, 0.5) is 11.4 Å². The first-order chi connectivity index (χ1) is 14.2. The molecule has 0 aromatic heterocycles. The van der Waals surface area contributed by atoms with Gasteiger partial charge in [0.15, 0.2) is 0 Å². The lowest BCUT2D eigenvalue weighted by Crippen LogP contribution is -2.02. The van der Waals surface area contributed by atoms with Crippen LogP contribution >= 0.6 is 0 Å². The number of carbonyl (C=O) groups excluding carboxylic acids is 1. The standard InChI is InChI=1S/C23H28N2O4/c1-3-23(26)29-18-8-6-5-7-17-28-22-15-11-20(12-16-22)25-24-19-9-13-21(14-10-19)27-4-2/h3,9-16H,1,4-8,17-18H2,2H3. The van der Waals surface area contributed by atoms with Gasteiger partial charge in [0, 0.05) is 6.08 Å². The predicted molar refractivity (Wildman–Crippen MR) is 113 cm³/mol. The van der Waals surface area contributed by atoms with Gasteiger partial charge in [-0.1, -0.05) is 6.58 Å². The molecule has 2 rings (SSSR count). The summed E-state index contributed by atoms with van der Waals surface area (Å²) in [5, 5.41) is 8.46. The number of hydrogen-bond donors (Lipinski definition) is 0. The summed E-state index contributed by atoms with van der Waals surface area (Å²) in [5.74, 6) is 1.27. The van der Waals surface area contributed by atoms with Crippen molar-refractivity contribution in [1.29, 1.82) is 0 Å². The summed E-state index contributed by atoms with van der Waals surface area (Å²) < 4.78 is 16.1. The maximum atomic E-state index is 10.9. The average Bonchev–Trinajstić information content (AvgIpc) is 2.76. The fraction of sp³-hybridized carbons (Fsp3) is 0.348. The van der Waals surface area contributed by atoms with Crippen molar-refractivity contribution in [3.63, 3.8) is 0 Å². The summed E-state index contributed by atoms with van der Waals surface area (Å²) in [6.07, 6.45) is 5.02. The number of nitrogens with zero attached hydrogens (tertiary/aromatic N) is 2. The van der Waals surface area contributed by atoms with Gasteiger partial charge in [-0.3, -0.25) is 0 Å². The lowest BCUT2D eigenvalue weighted by molar-refractivity contribution is -0.137. The summed E-state index contributed by atoms with van der Waals surface area (Å²) in [4.78, 5) is 10.9. The molecule has 29 heavy (non-hydrogen) atoms. The molecule has 154 valence electrons. The Bertz CT molecular complexity index is 770. The molecule has 2 aromatic carbocycles. The topological polar surface area (TPSA) is 69.5 Å². The van der Waals surface area contributed by atoms with Gasteiger partial charge in [0.05, 0.1) is 31.2 Å². The minimum atomic E-state index is -0.365. The summed E-state index contributed by atoms with van der Waals surface area (Å²) in [6, 6.07) is 15.0. The van der Waals surface area contributed by atoms with Crippen molar-refractivity contribution >= 4 is 17.3 Å². The van der Waals surface area contributed by atoms with Crippen molar-refractivity contribution in [1.82, 2.24) is 0 Å². The van der Waals surface area contributed by atoms with Crippen molar-refractivity contribution < 1.29 is 19.0 Å². The van der Waals surface area contributed by atoms with Crippen LogP contribution in [-0.2, 0) is 9.53 Å². The van der Waals surface area contributed by atoms with Crippen LogP contribution in [0, 0.1) is 0 Å². The number of esters is 1. The Kier molecular flexibility index (Phi) is 10.0. The molecule has 0 atom stereocenters. The zero-order valence-electron chi connectivity index (χ0n) is 16.9. The summed E-state index contributed by atoms with van der Waals surface area (Å²) >= 11 is 0. The van der Waals surface area contributed by atoms with E-state index >= 15 is 0 Å². The van der Waals surface area contributed by atoms with E-state index in [1.165, 1.54) is 6.08 Å². The SMILES string of the molecule is C=CC(=O)OCCCCCCOc1ccc(N=Nc2ccc(OCC)cc2)cc1. The molecule has 0 saturated carbocycles. The zero-order valence-corrected chi connectivity index (χ0v) is 16.9. The van der Waals surface area contributed by atoms with E-state index in [9.17, 15) is 4.79 Å². The van der Waals surface area contributed by atoms with Crippen molar-refractivity contribution in [3.05, 3.63) is 61.2 Å². The first-order valence-electron chi connectivity index (χ1n) is 9.88. The van der Waals surface area contributed by atoms with Crippen LogP contribution in [0.2, 0.25) is 0 Å². The van der Waals surface area contributed by atoms with Gasteiger partial charge < -0.3 is 14.2 Å². The molecule has 0 aliphatic carbocycles. The third-order valence-corrected chi connectivity index (χ3v) is 3.98. The van der Waals surface area contributed by atoms with Gasteiger partial charge in [0.25, 0.3) is 0 Å². The normalized spacial score (nSPS) is 10.7. The number of rotatable bonds is 13. The average molecular weight is 396 g/mol. The number of azo groups is 1. The van der Waals surface area contributed by atoms with Crippen LogP contribution in [0.5, 0.6) is 11.5 Å². The first-order valence-corrected chi connectivity index (χ1v) is 9.88. The fourth-order valence-electron chi connectivity index (χ4n) is 2.48. The molecular formula is C23H28N2O4. The fourth-order valence-corrected chi connectivity index (χ4v) is 2.48. The van der Waals surface area contributed by atoms with E-state index in [0.29, 0.717) is 19.8 Å². The highest BCUT2D eigenvalue weighted by Gasteiger charge is 1.98.